The zero-order valence-corrected chi connectivity index (χ0v) is 18.9. The molecule has 1 fully saturated rings. The van der Waals surface area contributed by atoms with Crippen molar-refractivity contribution in [2.75, 3.05) is 26.8 Å². The van der Waals surface area contributed by atoms with Gasteiger partial charge in [0.25, 0.3) is 5.91 Å². The predicted molar refractivity (Wildman–Crippen MR) is 120 cm³/mol. The van der Waals surface area contributed by atoms with E-state index in [0.717, 1.165) is 12.8 Å². The number of amides is 1. The smallest absolute Gasteiger partial charge is 0.309 e. The number of carbonyl (C=O) groups excluding carboxylic acids is 2. The lowest BCUT2D eigenvalue weighted by atomic mass is 9.96. The van der Waals surface area contributed by atoms with E-state index in [1.165, 1.54) is 44.9 Å². The lowest BCUT2D eigenvalue weighted by molar-refractivity contribution is -0.150. The summed E-state index contributed by atoms with van der Waals surface area (Å²) in [5.74, 6) is 0.493. The number of piperidine rings is 1. The molecule has 0 saturated carbocycles. The molecule has 1 aromatic carbocycles. The van der Waals surface area contributed by atoms with Gasteiger partial charge in [-0.3, -0.25) is 9.59 Å². The van der Waals surface area contributed by atoms with Crippen molar-refractivity contribution < 1.29 is 19.1 Å². The molecule has 1 aliphatic heterocycles. The van der Waals surface area contributed by atoms with Gasteiger partial charge < -0.3 is 14.4 Å². The number of esters is 1. The molecule has 2 rings (SSSR count). The fourth-order valence-electron chi connectivity index (χ4n) is 3.96. The molecule has 0 aliphatic carbocycles. The number of hydrogen-bond acceptors (Lipinski definition) is 4. The van der Waals surface area contributed by atoms with E-state index >= 15 is 0 Å². The highest BCUT2D eigenvalue weighted by atomic mass is 16.5. The second-order valence-corrected chi connectivity index (χ2v) is 8.29. The van der Waals surface area contributed by atoms with Crippen molar-refractivity contribution in [1.82, 2.24) is 4.90 Å². The molecule has 0 N–H and O–H groups in total. The Morgan fingerprint density at radius 3 is 2.23 bits per heavy atom. The van der Waals surface area contributed by atoms with Crippen molar-refractivity contribution in [2.24, 2.45) is 5.92 Å². The Kier molecular flexibility index (Phi) is 11.3. The maximum atomic E-state index is 12.7. The maximum Gasteiger partial charge on any atom is 0.309 e. The Bertz CT molecular complexity index is 638. The Balaban J connectivity index is 1.57. The van der Waals surface area contributed by atoms with Crippen LogP contribution >= 0.6 is 0 Å². The zero-order chi connectivity index (χ0) is 21.6. The van der Waals surface area contributed by atoms with Crippen molar-refractivity contribution in [3.63, 3.8) is 0 Å². The molecule has 168 valence electrons. The number of carbonyl (C=O) groups is 2. The van der Waals surface area contributed by atoms with Gasteiger partial charge in [0, 0.05) is 18.7 Å². The second kappa shape index (κ2) is 14.1. The first kappa shape index (κ1) is 24.2. The van der Waals surface area contributed by atoms with Crippen LogP contribution in [-0.4, -0.2) is 43.6 Å². The Labute approximate surface area is 182 Å². The third-order valence-corrected chi connectivity index (χ3v) is 5.92. The van der Waals surface area contributed by atoms with E-state index < -0.39 is 0 Å². The van der Waals surface area contributed by atoms with Gasteiger partial charge in [0.15, 0.2) is 0 Å². The van der Waals surface area contributed by atoms with E-state index in [-0.39, 0.29) is 17.8 Å². The number of nitrogens with zero attached hydrogens (tertiary/aromatic N) is 1. The standard InChI is InChI=1S/C25H39NO4/c1-3-4-5-6-7-8-9-10-11-19-30-25(28)21-15-17-26(18-16-21)24(27)22-13-12-14-23(20-22)29-2/h12-14,20-21H,3-11,15-19H2,1-2H3. The van der Waals surface area contributed by atoms with Gasteiger partial charge in [-0.1, -0.05) is 64.4 Å². The average Bonchev–Trinajstić information content (AvgIpc) is 2.79. The summed E-state index contributed by atoms with van der Waals surface area (Å²) in [6, 6.07) is 7.21. The first-order chi connectivity index (χ1) is 14.7. The van der Waals surface area contributed by atoms with Gasteiger partial charge in [0.05, 0.1) is 19.6 Å². The lowest BCUT2D eigenvalue weighted by Crippen LogP contribution is -2.40. The van der Waals surface area contributed by atoms with Crippen LogP contribution < -0.4 is 4.74 Å². The third kappa shape index (κ3) is 8.37. The number of hydrogen-bond donors (Lipinski definition) is 0. The number of benzene rings is 1. The fraction of sp³-hybridized carbons (Fsp3) is 0.680. The summed E-state index contributed by atoms with van der Waals surface area (Å²) in [4.78, 5) is 26.8. The monoisotopic (exact) mass is 417 g/mol. The zero-order valence-electron chi connectivity index (χ0n) is 18.9. The maximum absolute atomic E-state index is 12.7. The van der Waals surface area contributed by atoms with Gasteiger partial charge in [0.2, 0.25) is 0 Å². The minimum Gasteiger partial charge on any atom is -0.497 e. The Hall–Kier alpha value is -2.04. The number of unbranched alkanes of at least 4 members (excludes halogenated alkanes) is 8. The molecule has 5 heteroatoms. The normalized spacial score (nSPS) is 14.5. The van der Waals surface area contributed by atoms with E-state index in [1.807, 2.05) is 17.0 Å². The Morgan fingerprint density at radius 1 is 0.967 bits per heavy atom. The van der Waals surface area contributed by atoms with Crippen molar-refractivity contribution in [1.29, 1.82) is 0 Å². The number of ether oxygens (including phenoxy) is 2. The minimum absolute atomic E-state index is 0.00425. The van der Waals surface area contributed by atoms with E-state index in [9.17, 15) is 9.59 Å². The summed E-state index contributed by atoms with van der Waals surface area (Å²) in [6.07, 6.45) is 12.6. The quantitative estimate of drug-likeness (QED) is 0.309. The minimum atomic E-state index is -0.0944. The lowest BCUT2D eigenvalue weighted by Gasteiger charge is -2.31. The molecule has 1 amide bonds. The van der Waals surface area contributed by atoms with E-state index in [0.29, 0.717) is 43.9 Å². The molecule has 0 radical (unpaired) electrons. The number of likely N-dealkylation sites (tertiary alicyclic amines) is 1. The molecule has 0 unspecified atom stereocenters. The molecule has 5 nitrogen and oxygen atoms in total. The van der Waals surface area contributed by atoms with Crippen LogP contribution in [-0.2, 0) is 9.53 Å². The first-order valence-corrected chi connectivity index (χ1v) is 11.8. The second-order valence-electron chi connectivity index (χ2n) is 8.29. The van der Waals surface area contributed by atoms with E-state index in [1.54, 1.807) is 19.2 Å². The highest BCUT2D eigenvalue weighted by Gasteiger charge is 2.28. The molecule has 0 spiro atoms. The van der Waals surface area contributed by atoms with Gasteiger partial charge >= 0.3 is 5.97 Å². The molecule has 1 heterocycles. The summed E-state index contributed by atoms with van der Waals surface area (Å²) in [5.41, 5.74) is 0.626. The van der Waals surface area contributed by atoms with Crippen molar-refractivity contribution in [3.8, 4) is 5.75 Å². The topological polar surface area (TPSA) is 55.8 Å². The first-order valence-electron chi connectivity index (χ1n) is 11.8. The molecule has 0 aromatic heterocycles. The SMILES string of the molecule is CCCCCCCCCCCOC(=O)C1CCN(C(=O)c2cccc(OC)c2)CC1. The molecule has 0 bridgehead atoms. The van der Waals surface area contributed by atoms with E-state index in [4.69, 9.17) is 9.47 Å². The van der Waals surface area contributed by atoms with Crippen LogP contribution in [0.2, 0.25) is 0 Å². The molecule has 1 aromatic rings. The summed E-state index contributed by atoms with van der Waals surface area (Å²) in [6.45, 7) is 3.95. The summed E-state index contributed by atoms with van der Waals surface area (Å²) in [7, 11) is 1.59. The van der Waals surface area contributed by atoms with Crippen LogP contribution in [0.1, 0.15) is 87.9 Å². The molecule has 0 atom stereocenters. The summed E-state index contributed by atoms with van der Waals surface area (Å²) in [5, 5.41) is 0. The number of methoxy groups -OCH3 is 1. The van der Waals surface area contributed by atoms with Crippen LogP contribution in [0.5, 0.6) is 5.75 Å². The van der Waals surface area contributed by atoms with Gasteiger partial charge in [-0.2, -0.15) is 0 Å². The van der Waals surface area contributed by atoms with Crippen LogP contribution in [0.25, 0.3) is 0 Å². The fourth-order valence-corrected chi connectivity index (χ4v) is 3.96. The predicted octanol–water partition coefficient (Wildman–Crippen LogP) is 5.62. The molecule has 1 saturated heterocycles. The highest BCUT2D eigenvalue weighted by molar-refractivity contribution is 5.94. The highest BCUT2D eigenvalue weighted by Crippen LogP contribution is 2.22. The van der Waals surface area contributed by atoms with Crippen LogP contribution in [0, 0.1) is 5.92 Å². The van der Waals surface area contributed by atoms with E-state index in [2.05, 4.69) is 6.92 Å². The largest absolute Gasteiger partial charge is 0.497 e. The summed E-state index contributed by atoms with van der Waals surface area (Å²) >= 11 is 0. The van der Waals surface area contributed by atoms with Gasteiger partial charge in [-0.05, 0) is 37.5 Å². The molecular weight excluding hydrogens is 378 g/mol. The van der Waals surface area contributed by atoms with Crippen LogP contribution in [0.3, 0.4) is 0 Å². The average molecular weight is 418 g/mol. The molecule has 30 heavy (non-hydrogen) atoms. The Morgan fingerprint density at radius 2 is 1.60 bits per heavy atom. The third-order valence-electron chi connectivity index (χ3n) is 5.92. The van der Waals surface area contributed by atoms with Crippen molar-refractivity contribution in [2.45, 2.75) is 77.6 Å². The van der Waals surface area contributed by atoms with Crippen molar-refractivity contribution in [3.05, 3.63) is 29.8 Å². The molecular formula is C25H39NO4. The van der Waals surface area contributed by atoms with Crippen molar-refractivity contribution >= 4 is 11.9 Å². The van der Waals surface area contributed by atoms with Gasteiger partial charge in [0.1, 0.15) is 5.75 Å². The van der Waals surface area contributed by atoms with Gasteiger partial charge in [-0.15, -0.1) is 0 Å². The summed E-state index contributed by atoms with van der Waals surface area (Å²) < 4.78 is 10.7. The molecule has 1 aliphatic rings. The van der Waals surface area contributed by atoms with Crippen LogP contribution in [0.4, 0.5) is 0 Å². The van der Waals surface area contributed by atoms with Gasteiger partial charge in [-0.25, -0.2) is 0 Å². The number of rotatable bonds is 13. The van der Waals surface area contributed by atoms with Crippen LogP contribution in [0.15, 0.2) is 24.3 Å².